The predicted octanol–water partition coefficient (Wildman–Crippen LogP) is 9.29. The smallest absolute Gasteiger partial charge is 0.264 e. The molecule has 0 radical (unpaired) electrons. The van der Waals surface area contributed by atoms with E-state index in [1.165, 1.54) is 11.4 Å². The lowest BCUT2D eigenvalue weighted by molar-refractivity contribution is -0.129. The third kappa shape index (κ3) is 9.25. The van der Waals surface area contributed by atoms with Crippen molar-refractivity contribution in [2.45, 2.75) is 109 Å². The first-order valence-electron chi connectivity index (χ1n) is 25.8. The summed E-state index contributed by atoms with van der Waals surface area (Å²) in [5.41, 5.74) is 8.75. The summed E-state index contributed by atoms with van der Waals surface area (Å²) in [5.74, 6) is 0.797. The van der Waals surface area contributed by atoms with Crippen LogP contribution in [0.1, 0.15) is 106 Å². The number of benzene rings is 3. The highest BCUT2D eigenvalue weighted by Crippen LogP contribution is 2.47. The van der Waals surface area contributed by atoms with Gasteiger partial charge in [0.25, 0.3) is 6.43 Å². The van der Waals surface area contributed by atoms with E-state index >= 15 is 0 Å². The number of amides is 1. The predicted molar refractivity (Wildman–Crippen MR) is 275 cm³/mol. The molecule has 71 heavy (non-hydrogen) atoms. The van der Waals surface area contributed by atoms with E-state index in [0.717, 1.165) is 125 Å². The molecule has 374 valence electrons. The van der Waals surface area contributed by atoms with Gasteiger partial charge in [-0.15, -0.1) is 0 Å². The van der Waals surface area contributed by atoms with Gasteiger partial charge in [0.15, 0.2) is 5.82 Å². The maximum absolute atomic E-state index is 14.8. The minimum atomic E-state index is -2.66. The summed E-state index contributed by atoms with van der Waals surface area (Å²) in [5, 5.41) is 31.5. The van der Waals surface area contributed by atoms with Crippen molar-refractivity contribution in [1.29, 1.82) is 5.26 Å². The number of piperidine rings is 3. The SMILES string of the molecule is CC(=O)N1CCc2c(c(N3CCCc4cc(-c5cnn(C)c5)c(C(F)F)cc43)nn2C2CCN(CC3(O)CCN(c4ccc(N5CCC6(CC5)C[C@H](C)N(c5ccc(C#N)c(Cl)c5)C6)cc4)CC3)CC2)C1. The Morgan fingerprint density at radius 2 is 1.61 bits per heavy atom. The van der Waals surface area contributed by atoms with Gasteiger partial charge in [0.1, 0.15) is 6.07 Å². The van der Waals surface area contributed by atoms with Crippen molar-refractivity contribution in [3.8, 4) is 17.2 Å². The second-order valence-electron chi connectivity index (χ2n) is 21.6. The van der Waals surface area contributed by atoms with Crippen molar-refractivity contribution in [3.63, 3.8) is 0 Å². The molecule has 1 N–H and O–H groups in total. The number of fused-ring (bicyclic) bond motifs is 2. The molecule has 0 bridgehead atoms. The molecule has 2 aromatic heterocycles. The number of hydrogen-bond acceptors (Lipinski definition) is 10. The summed E-state index contributed by atoms with van der Waals surface area (Å²) in [6, 6.07) is 21.2. The lowest BCUT2D eigenvalue weighted by atomic mass is 9.76. The number of likely N-dealkylation sites (tertiary alicyclic amines) is 1. The van der Waals surface area contributed by atoms with Crippen molar-refractivity contribution in [2.24, 2.45) is 12.5 Å². The van der Waals surface area contributed by atoms with Crippen molar-refractivity contribution in [2.75, 3.05) is 85.0 Å². The molecule has 6 aliphatic rings. The van der Waals surface area contributed by atoms with Gasteiger partial charge < -0.3 is 34.5 Å². The normalized spacial score (nSPS) is 21.5. The second-order valence-corrected chi connectivity index (χ2v) is 22.0. The van der Waals surface area contributed by atoms with Gasteiger partial charge in [-0.05, 0) is 136 Å². The highest BCUT2D eigenvalue weighted by Gasteiger charge is 2.45. The molecule has 13 nitrogen and oxygen atoms in total. The number of rotatable bonds is 9. The Balaban J connectivity index is 0.704. The molecule has 1 spiro atoms. The fourth-order valence-corrected chi connectivity index (χ4v) is 13.3. The Morgan fingerprint density at radius 1 is 0.915 bits per heavy atom. The zero-order valence-electron chi connectivity index (χ0n) is 41.3. The summed E-state index contributed by atoms with van der Waals surface area (Å²) in [6.07, 6.45) is 9.76. The quantitative estimate of drug-likeness (QED) is 0.153. The van der Waals surface area contributed by atoms with Crippen LogP contribution in [0, 0.1) is 16.7 Å². The van der Waals surface area contributed by atoms with Gasteiger partial charge >= 0.3 is 0 Å². The molecule has 3 aromatic carbocycles. The third-order valence-electron chi connectivity index (χ3n) is 17.1. The van der Waals surface area contributed by atoms with Crippen molar-refractivity contribution in [1.82, 2.24) is 29.4 Å². The van der Waals surface area contributed by atoms with Crippen LogP contribution >= 0.6 is 11.6 Å². The van der Waals surface area contributed by atoms with Crippen LogP contribution in [0.15, 0.2) is 67.0 Å². The van der Waals surface area contributed by atoms with E-state index in [0.29, 0.717) is 73.2 Å². The molecule has 4 saturated heterocycles. The lowest BCUT2D eigenvalue weighted by Crippen LogP contribution is -2.52. The number of carbonyl (C=O) groups is 1. The van der Waals surface area contributed by atoms with Gasteiger partial charge in [-0.1, -0.05) is 11.6 Å². The topological polar surface area (TPSA) is 116 Å². The lowest BCUT2D eigenvalue weighted by Gasteiger charge is -2.43. The van der Waals surface area contributed by atoms with Gasteiger partial charge in [-0.2, -0.15) is 15.5 Å². The van der Waals surface area contributed by atoms with E-state index in [4.69, 9.17) is 16.7 Å². The fraction of sp³-hybridized carbons (Fsp3) is 0.527. The molecular weight excluding hydrogens is 920 g/mol. The van der Waals surface area contributed by atoms with Crippen LogP contribution in [0.2, 0.25) is 5.02 Å². The van der Waals surface area contributed by atoms with E-state index in [9.17, 15) is 23.9 Å². The number of alkyl halides is 2. The molecule has 0 unspecified atom stereocenters. The Bertz CT molecular complexity index is 2820. The van der Waals surface area contributed by atoms with E-state index in [2.05, 4.69) is 71.5 Å². The summed E-state index contributed by atoms with van der Waals surface area (Å²) in [6.45, 7) is 12.7. The van der Waals surface area contributed by atoms with Crippen LogP contribution < -0.4 is 19.6 Å². The number of nitriles is 1. The minimum absolute atomic E-state index is 0.0142. The number of halogens is 3. The number of hydrogen-bond donors (Lipinski definition) is 1. The Morgan fingerprint density at radius 3 is 2.24 bits per heavy atom. The van der Waals surface area contributed by atoms with Crippen LogP contribution in [0.4, 0.5) is 37.3 Å². The number of anilines is 5. The summed E-state index contributed by atoms with van der Waals surface area (Å²) < 4.78 is 33.4. The molecule has 0 aliphatic carbocycles. The summed E-state index contributed by atoms with van der Waals surface area (Å²) in [7, 11) is 1.79. The van der Waals surface area contributed by atoms with Crippen LogP contribution in [-0.2, 0) is 31.2 Å². The number of aliphatic hydroxyl groups is 1. The first-order valence-corrected chi connectivity index (χ1v) is 26.2. The molecule has 11 rings (SSSR count). The van der Waals surface area contributed by atoms with E-state index in [1.807, 2.05) is 29.2 Å². The molecule has 1 atom stereocenters. The summed E-state index contributed by atoms with van der Waals surface area (Å²) in [4.78, 5) is 26.6. The molecular formula is C55H66ClF2N11O2. The molecule has 8 heterocycles. The Labute approximate surface area is 421 Å². The zero-order valence-corrected chi connectivity index (χ0v) is 42.1. The Kier molecular flexibility index (Phi) is 12.8. The summed E-state index contributed by atoms with van der Waals surface area (Å²) >= 11 is 6.42. The molecule has 16 heteroatoms. The maximum Gasteiger partial charge on any atom is 0.264 e. The van der Waals surface area contributed by atoms with Gasteiger partial charge in [0, 0.05) is 143 Å². The molecule has 5 aromatic rings. The number of nitrogens with zero attached hydrogens (tertiary/aromatic N) is 11. The van der Waals surface area contributed by atoms with E-state index < -0.39 is 12.0 Å². The minimum Gasteiger partial charge on any atom is -0.388 e. The molecule has 6 aliphatic heterocycles. The monoisotopic (exact) mass is 986 g/mol. The average molecular weight is 987 g/mol. The van der Waals surface area contributed by atoms with Crippen LogP contribution in [0.25, 0.3) is 11.1 Å². The number of β-amino-alcohol motifs (C(OH)–C–C–N with tert-alkyl or cyclic N) is 1. The number of aryl methyl sites for hydroxylation is 2. The van der Waals surface area contributed by atoms with Gasteiger partial charge in [-0.3, -0.25) is 14.2 Å². The van der Waals surface area contributed by atoms with Gasteiger partial charge in [0.2, 0.25) is 5.91 Å². The third-order valence-corrected chi connectivity index (χ3v) is 17.4. The fourth-order valence-electron chi connectivity index (χ4n) is 13.1. The molecule has 4 fully saturated rings. The standard InChI is InChI=1S/C55H66ClF2N11O2/c1-37-30-54(35-68(37)45-7-6-40(31-59)49(56)28-45)15-23-64(24-16-54)42-8-10-43(11-9-42)65-25-17-55(71,18-26-65)36-63-20-12-44(13-21-63)69-50-14-22-66(38(2)70)34-48(50)53(61-69)67-19-4-5-39-27-46(41-32-60-62(3)33-41)47(52(57)58)29-51(39)67/h6-11,27-29,32-33,37,44,52,71H,4-5,12-26,30,34-36H2,1-3H3/t37-/m0/s1. The first-order chi connectivity index (χ1) is 34.3. The maximum atomic E-state index is 14.8. The van der Waals surface area contributed by atoms with Gasteiger partial charge in [-0.25, -0.2) is 8.78 Å². The average Bonchev–Trinajstić information content (AvgIpc) is 4.08. The molecule has 1 amide bonds. The van der Waals surface area contributed by atoms with Gasteiger partial charge in [0.05, 0.1) is 35.0 Å². The molecule has 0 saturated carbocycles. The van der Waals surface area contributed by atoms with Crippen LogP contribution in [0.3, 0.4) is 0 Å². The first kappa shape index (κ1) is 47.6. The highest BCUT2D eigenvalue weighted by atomic mass is 35.5. The highest BCUT2D eigenvalue weighted by molar-refractivity contribution is 6.32. The van der Waals surface area contributed by atoms with Crippen molar-refractivity contribution in [3.05, 3.63) is 100.0 Å². The van der Waals surface area contributed by atoms with E-state index in [1.54, 1.807) is 37.1 Å². The van der Waals surface area contributed by atoms with Crippen molar-refractivity contribution >= 4 is 46.1 Å². The van der Waals surface area contributed by atoms with Crippen LogP contribution in [-0.4, -0.2) is 117 Å². The number of aromatic nitrogens is 4. The number of carbonyl (C=O) groups excluding carboxylic acids is 1. The second kappa shape index (κ2) is 19.1. The zero-order chi connectivity index (χ0) is 49.2. The largest absolute Gasteiger partial charge is 0.388 e. The Hall–Kier alpha value is -5.69. The van der Waals surface area contributed by atoms with E-state index in [-0.39, 0.29) is 22.9 Å². The van der Waals surface area contributed by atoms with Crippen LogP contribution in [0.5, 0.6) is 0 Å². The van der Waals surface area contributed by atoms with Crippen molar-refractivity contribution < 1.29 is 18.7 Å².